The summed E-state index contributed by atoms with van der Waals surface area (Å²) in [6.45, 7) is 2.21. The molecule has 6 heteroatoms. The predicted octanol–water partition coefficient (Wildman–Crippen LogP) is 1.57. The van der Waals surface area contributed by atoms with Gasteiger partial charge in [0.1, 0.15) is 6.54 Å². The van der Waals surface area contributed by atoms with Crippen LogP contribution in [0.15, 0.2) is 5.11 Å². The first-order valence-corrected chi connectivity index (χ1v) is 5.99. The van der Waals surface area contributed by atoms with Crippen molar-refractivity contribution in [3.63, 3.8) is 0 Å². The number of carbonyl (C=O) groups is 1. The number of rotatable bonds is 4. The highest BCUT2D eigenvalue weighted by Crippen LogP contribution is 2.48. The first-order chi connectivity index (χ1) is 8.22. The van der Waals surface area contributed by atoms with Gasteiger partial charge in [-0.1, -0.05) is 11.5 Å². The Morgan fingerprint density at radius 3 is 3.24 bits per heavy atom. The zero-order valence-electron chi connectivity index (χ0n) is 10.1. The minimum absolute atomic E-state index is 0.0623. The van der Waals surface area contributed by atoms with Crippen molar-refractivity contribution >= 4 is 5.91 Å². The number of methoxy groups -OCH3 is 1. The van der Waals surface area contributed by atoms with Gasteiger partial charge in [-0.3, -0.25) is 4.79 Å². The number of hydrogen-bond acceptors (Lipinski definition) is 3. The summed E-state index contributed by atoms with van der Waals surface area (Å²) in [4.78, 5) is 16.3. The highest BCUT2D eigenvalue weighted by molar-refractivity contribution is 5.78. The lowest BCUT2D eigenvalue weighted by atomic mass is 9.82. The maximum atomic E-state index is 11.8. The van der Waals surface area contributed by atoms with E-state index in [0.29, 0.717) is 5.92 Å². The molecule has 2 aliphatic rings. The van der Waals surface area contributed by atoms with E-state index in [1.54, 1.807) is 7.11 Å². The van der Waals surface area contributed by atoms with Crippen molar-refractivity contribution in [2.45, 2.75) is 19.3 Å². The summed E-state index contributed by atoms with van der Waals surface area (Å²) in [5, 5.41) is 3.34. The average Bonchev–Trinajstić information content (AvgIpc) is 2.82. The van der Waals surface area contributed by atoms with E-state index in [1.807, 2.05) is 4.90 Å². The van der Waals surface area contributed by atoms with Crippen LogP contribution in [0.1, 0.15) is 19.3 Å². The van der Waals surface area contributed by atoms with Gasteiger partial charge in [-0.05, 0) is 24.3 Å². The molecule has 1 aliphatic carbocycles. The molecule has 0 radical (unpaired) electrons. The molecule has 0 spiro atoms. The maximum absolute atomic E-state index is 11.8. The van der Waals surface area contributed by atoms with E-state index in [9.17, 15) is 4.79 Å². The predicted molar refractivity (Wildman–Crippen MR) is 62.2 cm³/mol. The van der Waals surface area contributed by atoms with Crippen LogP contribution in [-0.2, 0) is 9.53 Å². The van der Waals surface area contributed by atoms with Gasteiger partial charge in [-0.15, -0.1) is 0 Å². The van der Waals surface area contributed by atoms with Gasteiger partial charge in [0.25, 0.3) is 0 Å². The van der Waals surface area contributed by atoms with Gasteiger partial charge in [0.05, 0.1) is 6.61 Å². The first-order valence-electron chi connectivity index (χ1n) is 5.99. The zero-order valence-corrected chi connectivity index (χ0v) is 10.1. The third-order valence-corrected chi connectivity index (χ3v) is 4.09. The Balaban J connectivity index is 2.02. The van der Waals surface area contributed by atoms with E-state index in [2.05, 4.69) is 10.0 Å². The second-order valence-corrected chi connectivity index (χ2v) is 5.05. The molecule has 0 aromatic carbocycles. The van der Waals surface area contributed by atoms with Gasteiger partial charge in [0.2, 0.25) is 5.91 Å². The van der Waals surface area contributed by atoms with Gasteiger partial charge in [-0.25, -0.2) is 0 Å². The first kappa shape index (κ1) is 12.2. The molecule has 0 aromatic heterocycles. The molecule has 1 amide bonds. The molecular formula is C11H18N4O2. The molecule has 17 heavy (non-hydrogen) atoms. The molecule has 2 fully saturated rings. The summed E-state index contributed by atoms with van der Waals surface area (Å²) in [6.07, 6.45) is 3.54. The van der Waals surface area contributed by atoms with Gasteiger partial charge in [0.15, 0.2) is 0 Å². The van der Waals surface area contributed by atoms with Crippen LogP contribution in [0.5, 0.6) is 0 Å². The van der Waals surface area contributed by atoms with Crippen LogP contribution in [0.25, 0.3) is 10.4 Å². The lowest BCUT2D eigenvalue weighted by Gasteiger charge is -2.27. The van der Waals surface area contributed by atoms with Crippen molar-refractivity contribution in [3.8, 4) is 0 Å². The van der Waals surface area contributed by atoms with Crippen molar-refractivity contribution in [1.29, 1.82) is 0 Å². The lowest BCUT2D eigenvalue weighted by Crippen LogP contribution is -2.35. The molecule has 0 N–H and O–H groups in total. The molecule has 2 atom stereocenters. The number of ether oxygens (including phenoxy) is 1. The Hall–Kier alpha value is -1.26. The molecule has 0 aromatic rings. The normalized spacial score (nSPS) is 31.1. The summed E-state index contributed by atoms with van der Waals surface area (Å²) in [5.74, 6) is 0.491. The van der Waals surface area contributed by atoms with Crippen LogP contribution in [0.4, 0.5) is 0 Å². The fourth-order valence-electron chi connectivity index (χ4n) is 3.32. The average molecular weight is 238 g/mol. The van der Waals surface area contributed by atoms with E-state index in [4.69, 9.17) is 10.3 Å². The van der Waals surface area contributed by atoms with Crippen LogP contribution in [0.3, 0.4) is 0 Å². The van der Waals surface area contributed by atoms with Crippen LogP contribution in [-0.4, -0.2) is 44.2 Å². The van der Waals surface area contributed by atoms with E-state index < -0.39 is 0 Å². The van der Waals surface area contributed by atoms with Crippen molar-refractivity contribution in [2.75, 3.05) is 33.4 Å². The lowest BCUT2D eigenvalue weighted by molar-refractivity contribution is -0.129. The van der Waals surface area contributed by atoms with E-state index >= 15 is 0 Å². The molecule has 1 aliphatic heterocycles. The third kappa shape index (κ3) is 2.23. The molecule has 2 rings (SSSR count). The monoisotopic (exact) mass is 238 g/mol. The van der Waals surface area contributed by atoms with Crippen molar-refractivity contribution in [3.05, 3.63) is 10.4 Å². The Labute approximate surface area is 101 Å². The summed E-state index contributed by atoms with van der Waals surface area (Å²) in [5.41, 5.74) is 8.38. The third-order valence-electron chi connectivity index (χ3n) is 4.09. The summed E-state index contributed by atoms with van der Waals surface area (Å²) < 4.78 is 5.32. The molecule has 0 unspecified atom stereocenters. The van der Waals surface area contributed by atoms with Gasteiger partial charge in [0, 0.05) is 30.5 Å². The number of amides is 1. The fourth-order valence-corrected chi connectivity index (χ4v) is 3.32. The highest BCUT2D eigenvalue weighted by Gasteiger charge is 2.50. The Morgan fingerprint density at radius 1 is 1.71 bits per heavy atom. The number of likely N-dealkylation sites (tertiary alicyclic amines) is 1. The minimum Gasteiger partial charge on any atom is -0.384 e. The summed E-state index contributed by atoms with van der Waals surface area (Å²) >= 11 is 0. The second kappa shape index (κ2) is 4.94. The Kier molecular flexibility index (Phi) is 3.54. The van der Waals surface area contributed by atoms with Gasteiger partial charge >= 0.3 is 0 Å². The molecule has 1 heterocycles. The smallest absolute Gasteiger partial charge is 0.228 e. The van der Waals surface area contributed by atoms with Crippen LogP contribution in [0, 0.1) is 11.3 Å². The van der Waals surface area contributed by atoms with Gasteiger partial charge < -0.3 is 9.64 Å². The number of nitrogens with zero attached hydrogens (tertiary/aromatic N) is 4. The molecule has 1 saturated carbocycles. The van der Waals surface area contributed by atoms with Crippen molar-refractivity contribution in [2.24, 2.45) is 16.4 Å². The number of fused-ring (bicyclic) bond motifs is 1. The van der Waals surface area contributed by atoms with Crippen molar-refractivity contribution in [1.82, 2.24) is 4.90 Å². The molecular weight excluding hydrogens is 220 g/mol. The molecule has 94 valence electrons. The summed E-state index contributed by atoms with van der Waals surface area (Å²) in [6, 6.07) is 0. The largest absolute Gasteiger partial charge is 0.384 e. The quantitative estimate of drug-likeness (QED) is 0.423. The van der Waals surface area contributed by atoms with Crippen LogP contribution in [0.2, 0.25) is 0 Å². The number of hydrogen-bond donors (Lipinski definition) is 0. The standard InChI is InChI=1S/C11H18N4O2/c1-17-8-11-4-2-3-9(11)6-15(7-11)10(16)5-13-14-12/h9H,2-8H2,1H3/t9-,11-/m1/s1. The minimum atomic E-state index is -0.0632. The number of carbonyl (C=O) groups excluding carboxylic acids is 1. The van der Waals surface area contributed by atoms with Crippen LogP contribution >= 0.6 is 0 Å². The molecule has 6 nitrogen and oxygen atoms in total. The van der Waals surface area contributed by atoms with Gasteiger partial charge in [-0.2, -0.15) is 0 Å². The topological polar surface area (TPSA) is 78.3 Å². The molecule has 1 saturated heterocycles. The molecule has 0 bridgehead atoms. The zero-order chi connectivity index (χ0) is 12.3. The Morgan fingerprint density at radius 2 is 2.53 bits per heavy atom. The summed E-state index contributed by atoms with van der Waals surface area (Å²) in [7, 11) is 1.72. The maximum Gasteiger partial charge on any atom is 0.228 e. The van der Waals surface area contributed by atoms with Crippen LogP contribution < -0.4 is 0 Å². The number of azide groups is 1. The van der Waals surface area contributed by atoms with Crippen molar-refractivity contribution < 1.29 is 9.53 Å². The Bertz CT molecular complexity index is 353. The second-order valence-electron chi connectivity index (χ2n) is 5.05. The van der Waals surface area contributed by atoms with E-state index in [1.165, 1.54) is 12.8 Å². The van der Waals surface area contributed by atoms with E-state index in [0.717, 1.165) is 26.1 Å². The SMILES string of the molecule is COC[C@]12CCC[C@@H]1CN(C(=O)CN=[N+]=[N-])C2. The van der Waals surface area contributed by atoms with E-state index in [-0.39, 0.29) is 17.9 Å². The highest BCUT2D eigenvalue weighted by atomic mass is 16.5. The fraction of sp³-hybridized carbons (Fsp3) is 0.909.